The molecule has 0 spiro atoms. The van der Waals surface area contributed by atoms with Crippen LogP contribution in [-0.4, -0.2) is 17.6 Å². The third-order valence-electron chi connectivity index (χ3n) is 2.85. The summed E-state index contributed by atoms with van der Waals surface area (Å²) in [6.07, 6.45) is 0.234. The van der Waals surface area contributed by atoms with Crippen molar-refractivity contribution in [2.45, 2.75) is 13.0 Å². The lowest BCUT2D eigenvalue weighted by molar-refractivity contribution is -0.116. The molecule has 0 atom stereocenters. The van der Waals surface area contributed by atoms with Gasteiger partial charge >= 0.3 is 0 Å². The summed E-state index contributed by atoms with van der Waals surface area (Å²) in [5.41, 5.74) is 7.69. The van der Waals surface area contributed by atoms with E-state index in [1.165, 1.54) is 0 Å². The van der Waals surface area contributed by atoms with E-state index in [1.54, 1.807) is 48.5 Å². The number of nitrogens with one attached hydrogen (secondary N) is 1. The van der Waals surface area contributed by atoms with Gasteiger partial charge in [-0.1, -0.05) is 18.2 Å². The van der Waals surface area contributed by atoms with Crippen LogP contribution in [0.1, 0.15) is 12.0 Å². The smallest absolute Gasteiger partial charge is 0.227 e. The van der Waals surface area contributed by atoms with Gasteiger partial charge in [-0.2, -0.15) is 0 Å². The highest BCUT2D eigenvalue weighted by Crippen LogP contribution is 2.14. The molecule has 0 fully saturated rings. The molecule has 5 nitrogen and oxygen atoms in total. The minimum Gasteiger partial charge on any atom is -0.493 e. The number of nitrogens with two attached hydrogens (primary N) is 1. The first-order valence-corrected chi connectivity index (χ1v) is 6.65. The molecule has 5 heteroatoms. The van der Waals surface area contributed by atoms with Crippen LogP contribution in [0.2, 0.25) is 0 Å². The van der Waals surface area contributed by atoms with Gasteiger partial charge in [0.25, 0.3) is 0 Å². The lowest BCUT2D eigenvalue weighted by Crippen LogP contribution is -2.15. The molecule has 0 bridgehead atoms. The first-order valence-electron chi connectivity index (χ1n) is 6.65. The monoisotopic (exact) mass is 286 g/mol. The number of nitrogen functional groups attached to an aromatic ring is 1. The molecule has 110 valence electrons. The predicted molar refractivity (Wildman–Crippen MR) is 82.0 cm³/mol. The summed E-state index contributed by atoms with van der Waals surface area (Å²) in [4.78, 5) is 11.8. The third kappa shape index (κ3) is 4.81. The molecular weight excluding hydrogens is 268 g/mol. The van der Waals surface area contributed by atoms with Crippen LogP contribution < -0.4 is 15.8 Å². The number of aliphatic hydroxyl groups excluding tert-OH is 1. The number of hydrogen-bond donors (Lipinski definition) is 3. The standard InChI is InChI=1S/C16H18N2O3/c17-13-4-2-5-14(10-13)18-16(20)7-8-21-15-6-1-3-12(9-15)11-19/h1-6,9-10,19H,7-8,11,17H2,(H,18,20). The van der Waals surface area contributed by atoms with E-state index in [1.807, 2.05) is 0 Å². The lowest BCUT2D eigenvalue weighted by Gasteiger charge is -2.08. The van der Waals surface area contributed by atoms with Gasteiger partial charge in [-0.05, 0) is 35.9 Å². The van der Waals surface area contributed by atoms with E-state index in [2.05, 4.69) is 5.32 Å². The summed E-state index contributed by atoms with van der Waals surface area (Å²) < 4.78 is 5.48. The molecule has 0 heterocycles. The Kier molecular flexibility index (Phi) is 5.17. The van der Waals surface area contributed by atoms with Crippen LogP contribution in [0.4, 0.5) is 11.4 Å². The number of hydrogen-bond acceptors (Lipinski definition) is 4. The third-order valence-corrected chi connectivity index (χ3v) is 2.85. The highest BCUT2D eigenvalue weighted by atomic mass is 16.5. The van der Waals surface area contributed by atoms with Crippen LogP contribution in [0.3, 0.4) is 0 Å². The van der Waals surface area contributed by atoms with Crippen LogP contribution in [0.25, 0.3) is 0 Å². The second-order valence-electron chi connectivity index (χ2n) is 4.58. The van der Waals surface area contributed by atoms with Crippen molar-refractivity contribution in [3.63, 3.8) is 0 Å². The van der Waals surface area contributed by atoms with Crippen molar-refractivity contribution in [3.05, 3.63) is 54.1 Å². The molecule has 21 heavy (non-hydrogen) atoms. The van der Waals surface area contributed by atoms with E-state index < -0.39 is 0 Å². The van der Waals surface area contributed by atoms with Crippen LogP contribution in [0.15, 0.2) is 48.5 Å². The molecule has 2 aromatic carbocycles. The van der Waals surface area contributed by atoms with Crippen molar-refractivity contribution in [1.29, 1.82) is 0 Å². The minimum atomic E-state index is -0.140. The van der Waals surface area contributed by atoms with Gasteiger partial charge in [0.05, 0.1) is 19.6 Å². The number of amides is 1. The van der Waals surface area contributed by atoms with Crippen molar-refractivity contribution in [3.8, 4) is 5.75 Å². The Hall–Kier alpha value is -2.53. The summed E-state index contributed by atoms with van der Waals surface area (Å²) in [5, 5.41) is 11.8. The van der Waals surface area contributed by atoms with Crippen LogP contribution in [-0.2, 0) is 11.4 Å². The minimum absolute atomic E-state index is 0.0346. The molecule has 0 radical (unpaired) electrons. The van der Waals surface area contributed by atoms with Gasteiger partial charge in [-0.3, -0.25) is 4.79 Å². The highest BCUT2D eigenvalue weighted by Gasteiger charge is 2.03. The average molecular weight is 286 g/mol. The molecule has 0 saturated carbocycles. The highest BCUT2D eigenvalue weighted by molar-refractivity contribution is 5.91. The van der Waals surface area contributed by atoms with Gasteiger partial charge in [0.1, 0.15) is 5.75 Å². The zero-order valence-corrected chi connectivity index (χ0v) is 11.6. The molecule has 0 aliphatic carbocycles. The normalized spacial score (nSPS) is 10.1. The molecule has 1 amide bonds. The molecular formula is C16H18N2O3. The fourth-order valence-electron chi connectivity index (χ4n) is 1.84. The first-order chi connectivity index (χ1) is 10.2. The molecule has 2 aromatic rings. The summed E-state index contributed by atoms with van der Waals surface area (Å²) in [5.74, 6) is 0.497. The lowest BCUT2D eigenvalue weighted by atomic mass is 10.2. The van der Waals surface area contributed by atoms with Crippen LogP contribution in [0, 0.1) is 0 Å². The Labute approximate surface area is 123 Å². The van der Waals surface area contributed by atoms with Crippen molar-refractivity contribution >= 4 is 17.3 Å². The Morgan fingerprint density at radius 3 is 2.76 bits per heavy atom. The molecule has 4 N–H and O–H groups in total. The number of rotatable bonds is 6. The maximum Gasteiger partial charge on any atom is 0.227 e. The van der Waals surface area contributed by atoms with E-state index in [-0.39, 0.29) is 25.5 Å². The van der Waals surface area contributed by atoms with Crippen molar-refractivity contribution < 1.29 is 14.6 Å². The summed E-state index contributed by atoms with van der Waals surface area (Å²) in [6.45, 7) is 0.232. The van der Waals surface area contributed by atoms with Gasteiger partial charge in [0.2, 0.25) is 5.91 Å². The predicted octanol–water partition coefficient (Wildman–Crippen LogP) is 2.17. The van der Waals surface area contributed by atoms with Crippen molar-refractivity contribution in [2.75, 3.05) is 17.7 Å². The van der Waals surface area contributed by atoms with E-state index in [9.17, 15) is 4.79 Å². The van der Waals surface area contributed by atoms with Gasteiger partial charge in [-0.15, -0.1) is 0 Å². The van der Waals surface area contributed by atoms with Gasteiger partial charge < -0.3 is 20.9 Å². The number of aliphatic hydroxyl groups is 1. The average Bonchev–Trinajstić information content (AvgIpc) is 2.47. The molecule has 0 aliphatic heterocycles. The van der Waals surface area contributed by atoms with E-state index in [4.69, 9.17) is 15.6 Å². The van der Waals surface area contributed by atoms with E-state index >= 15 is 0 Å². The second-order valence-corrected chi connectivity index (χ2v) is 4.58. The van der Waals surface area contributed by atoms with Gasteiger partial charge in [-0.25, -0.2) is 0 Å². The molecule has 0 aliphatic rings. The van der Waals surface area contributed by atoms with Crippen LogP contribution >= 0.6 is 0 Å². The van der Waals surface area contributed by atoms with Crippen molar-refractivity contribution in [2.24, 2.45) is 0 Å². The summed E-state index contributed by atoms with van der Waals surface area (Å²) in [6, 6.07) is 14.1. The maximum absolute atomic E-state index is 11.8. The van der Waals surface area contributed by atoms with Crippen molar-refractivity contribution in [1.82, 2.24) is 0 Å². The Morgan fingerprint density at radius 2 is 2.00 bits per heavy atom. The largest absolute Gasteiger partial charge is 0.493 e. The zero-order valence-electron chi connectivity index (χ0n) is 11.6. The second kappa shape index (κ2) is 7.31. The first kappa shape index (κ1) is 14.9. The number of ether oxygens (including phenoxy) is 1. The van der Waals surface area contributed by atoms with Crippen LogP contribution in [0.5, 0.6) is 5.75 Å². The number of carbonyl (C=O) groups is 1. The summed E-state index contributed by atoms with van der Waals surface area (Å²) in [7, 11) is 0. The molecule has 0 unspecified atom stereocenters. The Morgan fingerprint density at radius 1 is 1.19 bits per heavy atom. The van der Waals surface area contributed by atoms with E-state index in [0.29, 0.717) is 17.1 Å². The Bertz CT molecular complexity index is 614. The molecule has 2 rings (SSSR count). The van der Waals surface area contributed by atoms with E-state index in [0.717, 1.165) is 5.56 Å². The number of carbonyl (C=O) groups excluding carboxylic acids is 1. The van der Waals surface area contributed by atoms with Gasteiger partial charge in [0.15, 0.2) is 0 Å². The fraction of sp³-hybridized carbons (Fsp3) is 0.188. The zero-order chi connectivity index (χ0) is 15.1. The SMILES string of the molecule is Nc1cccc(NC(=O)CCOc2cccc(CO)c2)c1. The molecule has 0 aromatic heterocycles. The Balaban J connectivity index is 1.79. The summed E-state index contributed by atoms with van der Waals surface area (Å²) >= 11 is 0. The quantitative estimate of drug-likeness (QED) is 0.710. The number of anilines is 2. The van der Waals surface area contributed by atoms with Gasteiger partial charge in [0, 0.05) is 11.4 Å². The fourth-order valence-corrected chi connectivity index (χ4v) is 1.84. The molecule has 0 saturated heterocycles. The topological polar surface area (TPSA) is 84.6 Å². The maximum atomic E-state index is 11.8. The number of benzene rings is 2.